The summed E-state index contributed by atoms with van der Waals surface area (Å²) in [7, 11) is 1.45. The van der Waals surface area contributed by atoms with Gasteiger partial charge in [-0.1, -0.05) is 18.5 Å². The van der Waals surface area contributed by atoms with Crippen LogP contribution in [0, 0.1) is 0 Å². The van der Waals surface area contributed by atoms with E-state index in [0.29, 0.717) is 10.8 Å². The van der Waals surface area contributed by atoms with Crippen LogP contribution in [-0.4, -0.2) is 18.9 Å². The maximum atomic E-state index is 11.7. The van der Waals surface area contributed by atoms with E-state index in [1.165, 1.54) is 13.2 Å². The minimum atomic E-state index is -0.480. The summed E-state index contributed by atoms with van der Waals surface area (Å²) in [6.07, 6.45) is 0.285. The highest BCUT2D eigenvalue weighted by Gasteiger charge is 2.13. The second-order valence-electron chi connectivity index (χ2n) is 3.20. The standard InChI is InChI=1S/C11H13ClN2O3/c1-3-10(15)13-14-11(16)8-6-7(12)4-5-9(8)17-2/h4-6H,3H2,1-2H3,(H,13,15)(H,14,16). The maximum absolute atomic E-state index is 11.7. The molecule has 0 atom stereocenters. The fraction of sp³-hybridized carbons (Fsp3) is 0.273. The molecular formula is C11H13ClN2O3. The second kappa shape index (κ2) is 6.10. The molecule has 0 radical (unpaired) electrons. The van der Waals surface area contributed by atoms with E-state index in [2.05, 4.69) is 10.9 Å². The minimum Gasteiger partial charge on any atom is -0.496 e. The molecule has 5 nitrogen and oxygen atoms in total. The predicted octanol–water partition coefficient (Wildman–Crippen LogP) is 1.52. The van der Waals surface area contributed by atoms with Crippen molar-refractivity contribution in [2.75, 3.05) is 7.11 Å². The highest BCUT2D eigenvalue weighted by molar-refractivity contribution is 6.31. The summed E-state index contributed by atoms with van der Waals surface area (Å²) >= 11 is 5.78. The Hall–Kier alpha value is -1.75. The van der Waals surface area contributed by atoms with E-state index in [1.807, 2.05) is 0 Å². The first-order chi connectivity index (χ1) is 8.08. The largest absolute Gasteiger partial charge is 0.496 e. The molecule has 1 rings (SSSR count). The number of ether oxygens (including phenoxy) is 1. The molecule has 17 heavy (non-hydrogen) atoms. The van der Waals surface area contributed by atoms with Crippen molar-refractivity contribution in [3.63, 3.8) is 0 Å². The van der Waals surface area contributed by atoms with Crippen molar-refractivity contribution >= 4 is 23.4 Å². The van der Waals surface area contributed by atoms with Crippen LogP contribution in [-0.2, 0) is 4.79 Å². The Labute approximate surface area is 104 Å². The molecule has 1 aromatic carbocycles. The highest BCUT2D eigenvalue weighted by Crippen LogP contribution is 2.22. The molecule has 2 N–H and O–H groups in total. The quantitative estimate of drug-likeness (QED) is 0.806. The third-order valence-electron chi connectivity index (χ3n) is 2.04. The minimum absolute atomic E-state index is 0.261. The molecule has 0 aliphatic heterocycles. The number of rotatable bonds is 3. The van der Waals surface area contributed by atoms with E-state index in [-0.39, 0.29) is 17.9 Å². The average Bonchev–Trinajstić information content (AvgIpc) is 2.35. The number of hydrazine groups is 1. The molecule has 0 aliphatic carbocycles. The lowest BCUT2D eigenvalue weighted by molar-refractivity contribution is -0.121. The normalized spacial score (nSPS) is 9.59. The van der Waals surface area contributed by atoms with Gasteiger partial charge in [0.2, 0.25) is 5.91 Å². The van der Waals surface area contributed by atoms with E-state index >= 15 is 0 Å². The van der Waals surface area contributed by atoms with Crippen LogP contribution in [0.3, 0.4) is 0 Å². The lowest BCUT2D eigenvalue weighted by Gasteiger charge is -2.10. The molecule has 0 heterocycles. The Morgan fingerprint density at radius 2 is 2.06 bits per heavy atom. The van der Waals surface area contributed by atoms with Crippen molar-refractivity contribution in [1.29, 1.82) is 0 Å². The molecule has 92 valence electrons. The third-order valence-corrected chi connectivity index (χ3v) is 2.28. The van der Waals surface area contributed by atoms with Crippen LogP contribution in [0.4, 0.5) is 0 Å². The van der Waals surface area contributed by atoms with Crippen molar-refractivity contribution in [1.82, 2.24) is 10.9 Å². The zero-order valence-electron chi connectivity index (χ0n) is 9.54. The summed E-state index contributed by atoms with van der Waals surface area (Å²) in [4.78, 5) is 22.7. The van der Waals surface area contributed by atoms with Crippen LogP contribution < -0.4 is 15.6 Å². The topological polar surface area (TPSA) is 67.4 Å². The summed E-state index contributed by atoms with van der Waals surface area (Å²) in [5.41, 5.74) is 4.80. The Kier molecular flexibility index (Phi) is 4.78. The SMILES string of the molecule is CCC(=O)NNC(=O)c1cc(Cl)ccc1OC. The van der Waals surface area contributed by atoms with Crippen LogP contribution in [0.5, 0.6) is 5.75 Å². The van der Waals surface area contributed by atoms with E-state index in [1.54, 1.807) is 19.1 Å². The molecule has 0 saturated carbocycles. The van der Waals surface area contributed by atoms with E-state index < -0.39 is 5.91 Å². The van der Waals surface area contributed by atoms with Crippen molar-refractivity contribution in [3.05, 3.63) is 28.8 Å². The van der Waals surface area contributed by atoms with Gasteiger partial charge in [0, 0.05) is 11.4 Å². The van der Waals surface area contributed by atoms with Crippen LogP contribution >= 0.6 is 11.6 Å². The second-order valence-corrected chi connectivity index (χ2v) is 3.64. The van der Waals surface area contributed by atoms with Crippen molar-refractivity contribution in [2.45, 2.75) is 13.3 Å². The first kappa shape index (κ1) is 13.3. The van der Waals surface area contributed by atoms with Gasteiger partial charge in [-0.15, -0.1) is 0 Å². The van der Waals surface area contributed by atoms with E-state index in [0.717, 1.165) is 0 Å². The van der Waals surface area contributed by atoms with Gasteiger partial charge in [0.15, 0.2) is 0 Å². The summed E-state index contributed by atoms with van der Waals surface area (Å²) in [6.45, 7) is 1.68. The Morgan fingerprint density at radius 3 is 2.65 bits per heavy atom. The number of carbonyl (C=O) groups is 2. The van der Waals surface area contributed by atoms with E-state index in [4.69, 9.17) is 16.3 Å². The molecule has 0 bridgehead atoms. The molecule has 1 aromatic rings. The number of benzene rings is 1. The van der Waals surface area contributed by atoms with Gasteiger partial charge in [-0.25, -0.2) is 0 Å². The number of methoxy groups -OCH3 is 1. The number of halogens is 1. The van der Waals surface area contributed by atoms with Gasteiger partial charge >= 0.3 is 0 Å². The number of nitrogens with one attached hydrogen (secondary N) is 2. The fourth-order valence-electron chi connectivity index (χ4n) is 1.14. The number of hydrogen-bond donors (Lipinski definition) is 2. The molecule has 0 fully saturated rings. The van der Waals surface area contributed by atoms with Gasteiger partial charge < -0.3 is 4.74 Å². The van der Waals surface area contributed by atoms with Crippen LogP contribution in [0.25, 0.3) is 0 Å². The van der Waals surface area contributed by atoms with Crippen LogP contribution in [0.15, 0.2) is 18.2 Å². The van der Waals surface area contributed by atoms with Crippen molar-refractivity contribution in [3.8, 4) is 5.75 Å². The van der Waals surface area contributed by atoms with Crippen molar-refractivity contribution < 1.29 is 14.3 Å². The van der Waals surface area contributed by atoms with Gasteiger partial charge in [0.25, 0.3) is 5.91 Å². The Bertz CT molecular complexity index is 435. The molecule has 0 aliphatic rings. The maximum Gasteiger partial charge on any atom is 0.273 e. The molecule has 0 spiro atoms. The fourth-order valence-corrected chi connectivity index (χ4v) is 1.31. The number of amides is 2. The van der Waals surface area contributed by atoms with Gasteiger partial charge in [-0.2, -0.15) is 0 Å². The van der Waals surface area contributed by atoms with Crippen LogP contribution in [0.1, 0.15) is 23.7 Å². The monoisotopic (exact) mass is 256 g/mol. The summed E-state index contributed by atoms with van der Waals surface area (Å²) < 4.78 is 5.02. The lowest BCUT2D eigenvalue weighted by atomic mass is 10.2. The van der Waals surface area contributed by atoms with E-state index in [9.17, 15) is 9.59 Å². The first-order valence-corrected chi connectivity index (χ1v) is 5.39. The number of hydrogen-bond acceptors (Lipinski definition) is 3. The summed E-state index contributed by atoms with van der Waals surface area (Å²) in [5, 5.41) is 0.415. The Balaban J connectivity index is 2.80. The van der Waals surface area contributed by atoms with Gasteiger partial charge in [-0.05, 0) is 18.2 Å². The lowest BCUT2D eigenvalue weighted by Crippen LogP contribution is -2.41. The molecule has 0 saturated heterocycles. The first-order valence-electron chi connectivity index (χ1n) is 5.01. The number of carbonyl (C=O) groups excluding carboxylic acids is 2. The van der Waals surface area contributed by atoms with Gasteiger partial charge in [0.1, 0.15) is 5.75 Å². The molecule has 0 unspecified atom stereocenters. The smallest absolute Gasteiger partial charge is 0.273 e. The van der Waals surface area contributed by atoms with Gasteiger partial charge in [-0.3, -0.25) is 20.4 Å². The summed E-state index contributed by atoms with van der Waals surface area (Å²) in [5.74, 6) is -0.372. The molecule has 6 heteroatoms. The third kappa shape index (κ3) is 3.64. The zero-order valence-corrected chi connectivity index (χ0v) is 10.3. The highest BCUT2D eigenvalue weighted by atomic mass is 35.5. The summed E-state index contributed by atoms with van der Waals surface area (Å²) in [6, 6.07) is 4.66. The molecule has 2 amide bonds. The predicted molar refractivity (Wildman–Crippen MR) is 63.9 cm³/mol. The zero-order chi connectivity index (χ0) is 12.8. The molecule has 0 aromatic heterocycles. The van der Waals surface area contributed by atoms with Gasteiger partial charge in [0.05, 0.1) is 12.7 Å². The Morgan fingerprint density at radius 1 is 1.35 bits per heavy atom. The van der Waals surface area contributed by atoms with Crippen LogP contribution in [0.2, 0.25) is 5.02 Å². The average molecular weight is 257 g/mol. The molecular weight excluding hydrogens is 244 g/mol. The van der Waals surface area contributed by atoms with Crippen molar-refractivity contribution in [2.24, 2.45) is 0 Å².